The molecular formula is C4H3PdS. The SMILES string of the molecule is [Pd][c]1cccs1. The van der Waals surface area contributed by atoms with Gasteiger partial charge in [-0.05, 0) is 0 Å². The van der Waals surface area contributed by atoms with E-state index in [9.17, 15) is 0 Å². The van der Waals surface area contributed by atoms with Gasteiger partial charge in [0.1, 0.15) is 0 Å². The number of hydrogen-bond acceptors (Lipinski definition) is 1. The molecule has 0 amide bonds. The third-order valence-corrected chi connectivity index (χ3v) is 1.92. The zero-order chi connectivity index (χ0) is 4.41. The van der Waals surface area contributed by atoms with Crippen molar-refractivity contribution < 1.29 is 19.2 Å². The molecule has 0 aliphatic heterocycles. The Bertz CT molecular complexity index is 111. The maximum atomic E-state index is 3.06. The van der Waals surface area contributed by atoms with Crippen molar-refractivity contribution in [1.82, 2.24) is 0 Å². The predicted molar refractivity (Wildman–Crippen MR) is 24.0 cm³/mol. The van der Waals surface area contributed by atoms with Crippen LogP contribution < -0.4 is 3.35 Å². The average Bonchev–Trinajstić information content (AvgIpc) is 1.86. The molecule has 0 atom stereocenters. The first-order valence-electron chi connectivity index (χ1n) is 1.55. The summed E-state index contributed by atoms with van der Waals surface area (Å²) >= 11 is 4.77. The van der Waals surface area contributed by atoms with Crippen molar-refractivity contribution in [3.8, 4) is 0 Å². The van der Waals surface area contributed by atoms with Crippen LogP contribution >= 0.6 is 11.3 Å². The van der Waals surface area contributed by atoms with E-state index in [-0.39, 0.29) is 0 Å². The predicted octanol–water partition coefficient (Wildman–Crippen LogP) is 0.920. The van der Waals surface area contributed by atoms with Gasteiger partial charge in [-0.3, -0.25) is 0 Å². The van der Waals surface area contributed by atoms with Crippen molar-refractivity contribution >= 4 is 14.7 Å². The molecule has 0 N–H and O–H groups in total. The third kappa shape index (κ3) is 0.910. The number of hydrogen-bond donors (Lipinski definition) is 0. The maximum absolute atomic E-state index is 3.06. The van der Waals surface area contributed by atoms with Gasteiger partial charge < -0.3 is 0 Å². The molecule has 0 saturated carbocycles. The Labute approximate surface area is 51.6 Å². The molecule has 0 fully saturated rings. The van der Waals surface area contributed by atoms with Crippen LogP contribution in [0.1, 0.15) is 0 Å². The molecular weight excluding hydrogens is 187 g/mol. The molecule has 1 aromatic heterocycles. The Hall–Kier alpha value is 0.362. The van der Waals surface area contributed by atoms with Gasteiger partial charge in [-0.2, -0.15) is 0 Å². The quantitative estimate of drug-likeness (QED) is 0.533. The molecule has 0 unspecified atom stereocenters. The Morgan fingerprint density at radius 3 is 2.67 bits per heavy atom. The van der Waals surface area contributed by atoms with Crippen LogP contribution in [0.25, 0.3) is 0 Å². The average molecular weight is 190 g/mol. The molecule has 0 spiro atoms. The van der Waals surface area contributed by atoms with Crippen molar-refractivity contribution in [3.05, 3.63) is 17.5 Å². The van der Waals surface area contributed by atoms with Crippen molar-refractivity contribution in [2.24, 2.45) is 0 Å². The van der Waals surface area contributed by atoms with Gasteiger partial charge in [0, 0.05) is 0 Å². The fourth-order valence-corrected chi connectivity index (χ4v) is 1.15. The van der Waals surface area contributed by atoms with E-state index < -0.39 is 0 Å². The molecule has 0 aromatic carbocycles. The zero-order valence-corrected chi connectivity index (χ0v) is 5.33. The second-order valence-corrected chi connectivity index (χ2v) is 3.16. The van der Waals surface area contributed by atoms with Crippen LogP contribution in [0.2, 0.25) is 0 Å². The van der Waals surface area contributed by atoms with E-state index in [1.54, 1.807) is 11.3 Å². The van der Waals surface area contributed by atoms with Gasteiger partial charge in [-0.25, -0.2) is 0 Å². The first-order chi connectivity index (χ1) is 2.89. The Balaban J connectivity index is 3.05. The van der Waals surface area contributed by atoms with Crippen LogP contribution in [0.5, 0.6) is 0 Å². The molecule has 0 bridgehead atoms. The van der Waals surface area contributed by atoms with Crippen LogP contribution in [0.15, 0.2) is 17.5 Å². The fraction of sp³-hybridized carbons (Fsp3) is 0. The minimum atomic E-state index is 1.23. The van der Waals surface area contributed by atoms with Crippen molar-refractivity contribution in [3.63, 3.8) is 0 Å². The molecule has 1 aromatic rings. The summed E-state index contributed by atoms with van der Waals surface area (Å²) in [6.45, 7) is 0. The Morgan fingerprint density at radius 2 is 2.50 bits per heavy atom. The molecule has 0 nitrogen and oxygen atoms in total. The summed E-state index contributed by atoms with van der Waals surface area (Å²) in [4.78, 5) is 0. The van der Waals surface area contributed by atoms with Gasteiger partial charge >= 0.3 is 51.4 Å². The molecule has 0 radical (unpaired) electrons. The van der Waals surface area contributed by atoms with E-state index in [2.05, 4.69) is 19.2 Å². The monoisotopic (exact) mass is 189 g/mol. The molecule has 0 saturated heterocycles. The summed E-state index contributed by atoms with van der Waals surface area (Å²) < 4.78 is 1.23. The molecule has 1 heterocycles. The summed E-state index contributed by atoms with van der Waals surface area (Å²) in [6.07, 6.45) is 0. The first kappa shape index (κ1) is 4.52. The summed E-state index contributed by atoms with van der Waals surface area (Å²) in [5.74, 6) is 0. The van der Waals surface area contributed by atoms with E-state index in [1.807, 2.05) is 17.5 Å². The summed E-state index contributed by atoms with van der Waals surface area (Å²) in [6, 6.07) is 4.05. The third-order valence-electron chi connectivity index (χ3n) is 0.469. The zero-order valence-electron chi connectivity index (χ0n) is 2.96. The minimum absolute atomic E-state index is 1.23. The van der Waals surface area contributed by atoms with Crippen molar-refractivity contribution in [1.29, 1.82) is 0 Å². The number of rotatable bonds is 0. The van der Waals surface area contributed by atoms with Gasteiger partial charge in [0.25, 0.3) is 0 Å². The summed E-state index contributed by atoms with van der Waals surface area (Å²) in [5.41, 5.74) is 0. The molecule has 6 heavy (non-hydrogen) atoms. The molecule has 1 rings (SSSR count). The first-order valence-corrected chi connectivity index (χ1v) is 3.21. The number of thiophene rings is 1. The van der Waals surface area contributed by atoms with Gasteiger partial charge in [-0.1, -0.05) is 0 Å². The molecule has 35 valence electrons. The summed E-state index contributed by atoms with van der Waals surface area (Å²) in [7, 11) is 0. The van der Waals surface area contributed by atoms with Crippen LogP contribution in [0.4, 0.5) is 0 Å². The van der Waals surface area contributed by atoms with E-state index >= 15 is 0 Å². The van der Waals surface area contributed by atoms with Gasteiger partial charge in [0.15, 0.2) is 0 Å². The molecule has 0 aliphatic rings. The standard InChI is InChI=1S/C4H3S.Pd/c1-2-4-5-3-1;/h1-3H;. The normalized spacial score (nSPS) is 9.00. The van der Waals surface area contributed by atoms with Crippen LogP contribution in [0.3, 0.4) is 0 Å². The topological polar surface area (TPSA) is 0 Å². The fourth-order valence-electron chi connectivity index (χ4n) is 0.248. The van der Waals surface area contributed by atoms with Crippen molar-refractivity contribution in [2.45, 2.75) is 0 Å². The molecule has 2 heteroatoms. The Morgan fingerprint density at radius 1 is 1.67 bits per heavy atom. The Kier molecular flexibility index (Phi) is 1.42. The van der Waals surface area contributed by atoms with Gasteiger partial charge in [-0.15, -0.1) is 0 Å². The van der Waals surface area contributed by atoms with E-state index in [1.165, 1.54) is 3.35 Å². The summed E-state index contributed by atoms with van der Waals surface area (Å²) in [5, 5.41) is 2.04. The van der Waals surface area contributed by atoms with Gasteiger partial charge in [0.2, 0.25) is 0 Å². The van der Waals surface area contributed by atoms with E-state index in [0.29, 0.717) is 0 Å². The second kappa shape index (κ2) is 1.88. The van der Waals surface area contributed by atoms with E-state index in [4.69, 9.17) is 0 Å². The van der Waals surface area contributed by atoms with Crippen LogP contribution in [-0.4, -0.2) is 0 Å². The molecule has 0 aliphatic carbocycles. The van der Waals surface area contributed by atoms with Crippen LogP contribution in [0, 0.1) is 0 Å². The van der Waals surface area contributed by atoms with Crippen LogP contribution in [-0.2, 0) is 19.2 Å². The second-order valence-electron chi connectivity index (χ2n) is 0.887. The van der Waals surface area contributed by atoms with Crippen molar-refractivity contribution in [2.75, 3.05) is 0 Å². The van der Waals surface area contributed by atoms with Gasteiger partial charge in [0.05, 0.1) is 0 Å². The van der Waals surface area contributed by atoms with E-state index in [0.717, 1.165) is 0 Å².